The van der Waals surface area contributed by atoms with Gasteiger partial charge in [-0.2, -0.15) is 0 Å². The minimum Gasteiger partial charge on any atom is -0.358 e. The Morgan fingerprint density at radius 2 is 2.19 bits per heavy atom. The highest BCUT2D eigenvalue weighted by Crippen LogP contribution is 2.13. The van der Waals surface area contributed by atoms with Gasteiger partial charge >= 0.3 is 0 Å². The third kappa shape index (κ3) is 2.75. The summed E-state index contributed by atoms with van der Waals surface area (Å²) in [6, 6.07) is 0. The normalized spacial score (nSPS) is 9.94. The van der Waals surface area contributed by atoms with Crippen molar-refractivity contribution in [3.63, 3.8) is 0 Å². The molecule has 1 N–H and O–H groups in total. The quantitative estimate of drug-likeness (QED) is 0.801. The molecule has 0 atom stereocenters. The van der Waals surface area contributed by atoms with Gasteiger partial charge in [-0.15, -0.1) is 5.10 Å². The monoisotopic (exact) mass is 242 g/mol. The number of nitrogens with one attached hydrogen (secondary N) is 1. The van der Waals surface area contributed by atoms with Gasteiger partial charge in [-0.1, -0.05) is 11.4 Å². The number of nitrogens with zero attached hydrogens (tertiary/aromatic N) is 3. The van der Waals surface area contributed by atoms with Gasteiger partial charge < -0.3 is 10.2 Å². The fraction of sp³-hybridized carbons (Fsp3) is 0.556. The van der Waals surface area contributed by atoms with Gasteiger partial charge in [0.1, 0.15) is 4.88 Å². The van der Waals surface area contributed by atoms with Gasteiger partial charge in [0.25, 0.3) is 5.91 Å². The van der Waals surface area contributed by atoms with E-state index in [2.05, 4.69) is 14.9 Å². The van der Waals surface area contributed by atoms with Crippen LogP contribution < -0.4 is 5.32 Å². The molecule has 16 heavy (non-hydrogen) atoms. The van der Waals surface area contributed by atoms with Crippen molar-refractivity contribution in [2.75, 3.05) is 20.6 Å². The predicted molar refractivity (Wildman–Crippen MR) is 60.3 cm³/mol. The predicted octanol–water partition coefficient (Wildman–Crippen LogP) is -0.0815. The molecule has 0 bridgehead atoms. The van der Waals surface area contributed by atoms with Crippen LogP contribution in [-0.2, 0) is 11.2 Å². The SMILES string of the molecule is CCc1nnsc1C(=O)N(C)CC(=O)NC. The average Bonchev–Trinajstić information content (AvgIpc) is 2.75. The molecular formula is C9H14N4O2S. The number of carbonyl (C=O) groups is 2. The van der Waals surface area contributed by atoms with E-state index in [0.717, 1.165) is 11.5 Å². The van der Waals surface area contributed by atoms with Gasteiger partial charge in [-0.25, -0.2) is 0 Å². The minimum absolute atomic E-state index is 0.0381. The molecule has 0 aliphatic heterocycles. The van der Waals surface area contributed by atoms with Crippen LogP contribution >= 0.6 is 11.5 Å². The fourth-order valence-electron chi connectivity index (χ4n) is 1.14. The molecule has 0 radical (unpaired) electrons. The fourth-order valence-corrected chi connectivity index (χ4v) is 1.89. The van der Waals surface area contributed by atoms with Gasteiger partial charge in [-0.05, 0) is 18.0 Å². The first-order valence-electron chi connectivity index (χ1n) is 4.87. The van der Waals surface area contributed by atoms with Crippen molar-refractivity contribution in [3.05, 3.63) is 10.6 Å². The summed E-state index contributed by atoms with van der Waals surface area (Å²) in [5.41, 5.74) is 0.679. The lowest BCUT2D eigenvalue weighted by molar-refractivity contribution is -0.121. The highest BCUT2D eigenvalue weighted by atomic mass is 32.1. The van der Waals surface area contributed by atoms with E-state index >= 15 is 0 Å². The maximum absolute atomic E-state index is 11.9. The Labute approximate surface area is 97.8 Å². The maximum atomic E-state index is 11.9. The van der Waals surface area contributed by atoms with Gasteiger partial charge in [0, 0.05) is 14.1 Å². The summed E-state index contributed by atoms with van der Waals surface area (Å²) in [4.78, 5) is 24.9. The molecule has 0 spiro atoms. The van der Waals surface area contributed by atoms with Crippen molar-refractivity contribution < 1.29 is 9.59 Å². The Bertz CT molecular complexity index is 391. The Morgan fingerprint density at radius 3 is 2.75 bits per heavy atom. The lowest BCUT2D eigenvalue weighted by atomic mass is 10.3. The van der Waals surface area contributed by atoms with Crippen LogP contribution in [0.4, 0.5) is 0 Å². The standard InChI is InChI=1S/C9H14N4O2S/c1-4-6-8(16-12-11-6)9(15)13(3)5-7(14)10-2/h4-5H2,1-3H3,(H,10,14). The van der Waals surface area contributed by atoms with Crippen LogP contribution in [-0.4, -0.2) is 46.9 Å². The van der Waals surface area contributed by atoms with Crippen LogP contribution in [0.5, 0.6) is 0 Å². The number of hydrogen-bond acceptors (Lipinski definition) is 5. The molecular weight excluding hydrogens is 228 g/mol. The van der Waals surface area contributed by atoms with Crippen LogP contribution in [0.25, 0.3) is 0 Å². The summed E-state index contributed by atoms with van der Waals surface area (Å²) in [6.45, 7) is 1.95. The molecule has 6 nitrogen and oxygen atoms in total. The van der Waals surface area contributed by atoms with Crippen LogP contribution in [0.15, 0.2) is 0 Å². The van der Waals surface area contributed by atoms with E-state index < -0.39 is 0 Å². The highest BCUT2D eigenvalue weighted by Gasteiger charge is 2.20. The van der Waals surface area contributed by atoms with Crippen LogP contribution in [0.3, 0.4) is 0 Å². The molecule has 1 rings (SSSR count). The summed E-state index contributed by atoms with van der Waals surface area (Å²) >= 11 is 1.06. The Morgan fingerprint density at radius 1 is 1.50 bits per heavy atom. The third-order valence-corrected chi connectivity index (χ3v) is 2.85. The van der Waals surface area contributed by atoms with Crippen molar-refractivity contribution in [1.29, 1.82) is 0 Å². The summed E-state index contributed by atoms with van der Waals surface area (Å²) in [5.74, 6) is -0.415. The van der Waals surface area contributed by atoms with Gasteiger partial charge in [0.15, 0.2) is 0 Å². The van der Waals surface area contributed by atoms with Crippen molar-refractivity contribution in [2.24, 2.45) is 0 Å². The van der Waals surface area contributed by atoms with Crippen LogP contribution in [0.2, 0.25) is 0 Å². The molecule has 88 valence electrons. The Kier molecular flexibility index (Phi) is 4.36. The number of likely N-dealkylation sites (N-methyl/N-ethyl adjacent to an activating group) is 2. The molecule has 0 saturated carbocycles. The first-order chi connectivity index (χ1) is 7.60. The maximum Gasteiger partial charge on any atom is 0.267 e. The molecule has 0 aliphatic rings. The van der Waals surface area contributed by atoms with E-state index in [4.69, 9.17) is 0 Å². The summed E-state index contributed by atoms with van der Waals surface area (Å²) in [6.07, 6.45) is 0.658. The first-order valence-corrected chi connectivity index (χ1v) is 5.64. The molecule has 2 amide bonds. The third-order valence-electron chi connectivity index (χ3n) is 2.09. The van der Waals surface area contributed by atoms with Gasteiger partial charge in [0.2, 0.25) is 5.91 Å². The van der Waals surface area contributed by atoms with E-state index in [1.165, 1.54) is 11.9 Å². The van der Waals surface area contributed by atoms with Gasteiger partial charge in [0.05, 0.1) is 12.2 Å². The average molecular weight is 242 g/mol. The first kappa shape index (κ1) is 12.6. The van der Waals surface area contributed by atoms with E-state index in [-0.39, 0.29) is 18.4 Å². The zero-order valence-electron chi connectivity index (χ0n) is 9.48. The second-order valence-corrected chi connectivity index (χ2v) is 3.99. The molecule has 1 heterocycles. The largest absolute Gasteiger partial charge is 0.358 e. The molecule has 0 aromatic carbocycles. The van der Waals surface area contributed by atoms with E-state index in [1.807, 2.05) is 6.92 Å². The van der Waals surface area contributed by atoms with E-state index in [9.17, 15) is 9.59 Å². The molecule has 0 unspecified atom stereocenters. The zero-order chi connectivity index (χ0) is 12.1. The summed E-state index contributed by atoms with van der Waals surface area (Å²) in [7, 11) is 3.11. The number of aryl methyl sites for hydroxylation is 1. The molecule has 0 aliphatic carbocycles. The number of carbonyl (C=O) groups excluding carboxylic acids is 2. The second-order valence-electron chi connectivity index (χ2n) is 3.24. The van der Waals surface area contributed by atoms with Crippen molar-refractivity contribution in [1.82, 2.24) is 19.8 Å². The number of hydrogen-bond donors (Lipinski definition) is 1. The molecule has 1 aromatic rings. The smallest absolute Gasteiger partial charge is 0.267 e. The minimum atomic E-state index is -0.213. The second kappa shape index (κ2) is 5.55. The topological polar surface area (TPSA) is 75.2 Å². The van der Waals surface area contributed by atoms with Crippen molar-refractivity contribution in [2.45, 2.75) is 13.3 Å². The summed E-state index contributed by atoms with van der Waals surface area (Å²) < 4.78 is 3.74. The molecule has 0 fully saturated rings. The molecule has 1 aromatic heterocycles. The van der Waals surface area contributed by atoms with Crippen LogP contribution in [0, 0.1) is 0 Å². The van der Waals surface area contributed by atoms with Crippen molar-refractivity contribution in [3.8, 4) is 0 Å². The van der Waals surface area contributed by atoms with E-state index in [0.29, 0.717) is 17.0 Å². The number of rotatable bonds is 4. The zero-order valence-corrected chi connectivity index (χ0v) is 10.3. The van der Waals surface area contributed by atoms with Gasteiger partial charge in [-0.3, -0.25) is 9.59 Å². The number of aromatic nitrogens is 2. The highest BCUT2D eigenvalue weighted by molar-refractivity contribution is 7.08. The lowest BCUT2D eigenvalue weighted by Gasteiger charge is -2.14. The molecule has 7 heteroatoms. The van der Waals surface area contributed by atoms with Crippen LogP contribution in [0.1, 0.15) is 22.3 Å². The summed E-state index contributed by atoms with van der Waals surface area (Å²) in [5, 5.41) is 6.32. The number of amides is 2. The van der Waals surface area contributed by atoms with E-state index in [1.54, 1.807) is 7.05 Å². The molecule has 0 saturated heterocycles. The van der Waals surface area contributed by atoms with Crippen molar-refractivity contribution >= 4 is 23.3 Å². The Hall–Kier alpha value is -1.50. The Balaban J connectivity index is 2.74. The lowest BCUT2D eigenvalue weighted by Crippen LogP contribution is -2.36.